The van der Waals surface area contributed by atoms with Gasteiger partial charge in [-0.05, 0) is 25.5 Å². The van der Waals surface area contributed by atoms with E-state index in [9.17, 15) is 0 Å². The van der Waals surface area contributed by atoms with E-state index < -0.39 is 0 Å². The van der Waals surface area contributed by atoms with Crippen molar-refractivity contribution >= 4 is 0 Å². The van der Waals surface area contributed by atoms with Crippen molar-refractivity contribution in [3.8, 4) is 0 Å². The lowest BCUT2D eigenvalue weighted by molar-refractivity contribution is 0.293. The van der Waals surface area contributed by atoms with Gasteiger partial charge < -0.3 is 4.74 Å². The van der Waals surface area contributed by atoms with Crippen molar-refractivity contribution in [3.05, 3.63) is 36.1 Å². The van der Waals surface area contributed by atoms with Crippen LogP contribution < -0.4 is 0 Å². The van der Waals surface area contributed by atoms with Crippen molar-refractivity contribution in [2.24, 2.45) is 0 Å². The second-order valence-electron chi connectivity index (χ2n) is 2.03. The molecule has 0 radical (unpaired) electrons. The van der Waals surface area contributed by atoms with Gasteiger partial charge in [0.1, 0.15) is 0 Å². The molecule has 0 unspecified atom stereocenters. The first kappa shape index (κ1) is 9.02. The maximum Gasteiger partial charge on any atom is 0.0930 e. The zero-order chi connectivity index (χ0) is 7.98. The highest BCUT2D eigenvalue weighted by molar-refractivity contribution is 5.27. The first-order valence-corrected chi connectivity index (χ1v) is 3.24. The summed E-state index contributed by atoms with van der Waals surface area (Å²) in [5.74, 6) is 0.878. The Kier molecular flexibility index (Phi) is 4.38. The van der Waals surface area contributed by atoms with Gasteiger partial charge in [0.2, 0.25) is 0 Å². The predicted octanol–water partition coefficient (Wildman–Crippen LogP) is 2.67. The van der Waals surface area contributed by atoms with Crippen molar-refractivity contribution < 1.29 is 4.74 Å². The van der Waals surface area contributed by atoms with Gasteiger partial charge >= 0.3 is 0 Å². The van der Waals surface area contributed by atoms with E-state index in [2.05, 4.69) is 6.58 Å². The fraction of sp³-hybridized carbons (Fsp3) is 0.333. The smallest absolute Gasteiger partial charge is 0.0930 e. The SMILES string of the molecule is C=C(/C=C/C)/C=C(\C)OC. The zero-order valence-corrected chi connectivity index (χ0v) is 6.85. The summed E-state index contributed by atoms with van der Waals surface area (Å²) in [6, 6.07) is 0. The fourth-order valence-corrected chi connectivity index (χ4v) is 0.582. The van der Waals surface area contributed by atoms with Crippen LogP contribution in [-0.2, 0) is 4.74 Å². The number of rotatable bonds is 3. The molecule has 0 heterocycles. The highest BCUT2D eigenvalue weighted by Gasteiger charge is 1.84. The van der Waals surface area contributed by atoms with Crippen LogP contribution in [0.1, 0.15) is 13.8 Å². The molecule has 1 nitrogen and oxygen atoms in total. The molecule has 0 aromatic rings. The molecule has 0 saturated heterocycles. The quantitative estimate of drug-likeness (QED) is 0.430. The van der Waals surface area contributed by atoms with Gasteiger partial charge in [0, 0.05) is 0 Å². The molecule has 0 aliphatic rings. The Bertz CT molecular complexity index is 164. The third kappa shape index (κ3) is 3.96. The van der Waals surface area contributed by atoms with E-state index in [4.69, 9.17) is 4.74 Å². The third-order valence-corrected chi connectivity index (χ3v) is 1.09. The summed E-state index contributed by atoms with van der Waals surface area (Å²) >= 11 is 0. The summed E-state index contributed by atoms with van der Waals surface area (Å²) in [5.41, 5.74) is 0.960. The molecule has 0 atom stereocenters. The summed E-state index contributed by atoms with van der Waals surface area (Å²) in [4.78, 5) is 0. The lowest BCUT2D eigenvalue weighted by Crippen LogP contribution is -1.79. The van der Waals surface area contributed by atoms with Gasteiger partial charge in [-0.3, -0.25) is 0 Å². The first-order chi connectivity index (χ1) is 4.70. The maximum absolute atomic E-state index is 4.93. The Morgan fingerprint density at radius 2 is 2.10 bits per heavy atom. The average molecular weight is 138 g/mol. The van der Waals surface area contributed by atoms with Crippen molar-refractivity contribution in [1.29, 1.82) is 0 Å². The summed E-state index contributed by atoms with van der Waals surface area (Å²) < 4.78 is 4.93. The second-order valence-corrected chi connectivity index (χ2v) is 2.03. The molecule has 0 N–H and O–H groups in total. The van der Waals surface area contributed by atoms with Crippen LogP contribution in [0.25, 0.3) is 0 Å². The molecule has 0 fully saturated rings. The van der Waals surface area contributed by atoms with Crippen LogP contribution in [0.2, 0.25) is 0 Å². The van der Waals surface area contributed by atoms with Gasteiger partial charge in [-0.25, -0.2) is 0 Å². The molecular formula is C9H14O. The molecule has 10 heavy (non-hydrogen) atoms. The van der Waals surface area contributed by atoms with Gasteiger partial charge in [0.15, 0.2) is 0 Å². The number of hydrogen-bond acceptors (Lipinski definition) is 1. The van der Waals surface area contributed by atoms with Crippen LogP contribution in [0.4, 0.5) is 0 Å². The molecule has 1 heteroatoms. The summed E-state index contributed by atoms with van der Waals surface area (Å²) in [6.45, 7) is 7.65. The summed E-state index contributed by atoms with van der Waals surface area (Å²) in [7, 11) is 1.65. The molecule has 0 aliphatic carbocycles. The van der Waals surface area contributed by atoms with Crippen molar-refractivity contribution in [2.75, 3.05) is 7.11 Å². The highest BCUT2D eigenvalue weighted by Crippen LogP contribution is 2.01. The van der Waals surface area contributed by atoms with E-state index in [0.717, 1.165) is 11.3 Å². The van der Waals surface area contributed by atoms with Crippen LogP contribution >= 0.6 is 0 Å². The van der Waals surface area contributed by atoms with Crippen LogP contribution in [0.15, 0.2) is 36.1 Å². The number of ether oxygens (including phenoxy) is 1. The predicted molar refractivity (Wildman–Crippen MR) is 44.7 cm³/mol. The highest BCUT2D eigenvalue weighted by atomic mass is 16.5. The van der Waals surface area contributed by atoms with Gasteiger partial charge in [0.25, 0.3) is 0 Å². The van der Waals surface area contributed by atoms with E-state index in [1.54, 1.807) is 7.11 Å². The average Bonchev–Trinajstić information content (AvgIpc) is 1.88. The first-order valence-electron chi connectivity index (χ1n) is 3.24. The lowest BCUT2D eigenvalue weighted by Gasteiger charge is -1.96. The van der Waals surface area contributed by atoms with Crippen molar-refractivity contribution in [2.45, 2.75) is 13.8 Å². The lowest BCUT2D eigenvalue weighted by atomic mass is 10.2. The van der Waals surface area contributed by atoms with E-state index in [-0.39, 0.29) is 0 Å². The van der Waals surface area contributed by atoms with E-state index >= 15 is 0 Å². The van der Waals surface area contributed by atoms with Crippen LogP contribution in [0, 0.1) is 0 Å². The molecule has 0 spiro atoms. The van der Waals surface area contributed by atoms with Crippen molar-refractivity contribution in [1.82, 2.24) is 0 Å². The largest absolute Gasteiger partial charge is 0.501 e. The van der Waals surface area contributed by atoms with Crippen LogP contribution in [-0.4, -0.2) is 7.11 Å². The van der Waals surface area contributed by atoms with E-state index in [0.29, 0.717) is 0 Å². The Labute approximate surface area is 62.7 Å². The van der Waals surface area contributed by atoms with E-state index in [1.165, 1.54) is 0 Å². The second kappa shape index (κ2) is 4.86. The molecule has 0 amide bonds. The minimum atomic E-state index is 0.878. The standard InChI is InChI=1S/C9H14O/c1-5-6-8(2)7-9(3)10-4/h5-7H,2H2,1,3-4H3/b6-5+,9-7+. The molecule has 0 aromatic carbocycles. The molecule has 0 bridgehead atoms. The molecule has 0 aromatic heterocycles. The zero-order valence-electron chi connectivity index (χ0n) is 6.85. The third-order valence-electron chi connectivity index (χ3n) is 1.09. The Hall–Kier alpha value is -0.980. The van der Waals surface area contributed by atoms with E-state index in [1.807, 2.05) is 32.1 Å². The van der Waals surface area contributed by atoms with Gasteiger partial charge in [-0.1, -0.05) is 18.7 Å². The van der Waals surface area contributed by atoms with Gasteiger partial charge in [-0.15, -0.1) is 0 Å². The monoisotopic (exact) mass is 138 g/mol. The van der Waals surface area contributed by atoms with Crippen LogP contribution in [0.3, 0.4) is 0 Å². The molecule has 0 aliphatic heterocycles. The normalized spacial score (nSPS) is 12.1. The van der Waals surface area contributed by atoms with Crippen molar-refractivity contribution in [3.63, 3.8) is 0 Å². The number of allylic oxidation sites excluding steroid dienone is 5. The molecule has 0 rings (SSSR count). The fourth-order valence-electron chi connectivity index (χ4n) is 0.582. The topological polar surface area (TPSA) is 9.23 Å². The number of hydrogen-bond donors (Lipinski definition) is 0. The van der Waals surface area contributed by atoms with Crippen LogP contribution in [0.5, 0.6) is 0 Å². The maximum atomic E-state index is 4.93. The molecule has 0 saturated carbocycles. The minimum Gasteiger partial charge on any atom is -0.501 e. The Morgan fingerprint density at radius 3 is 2.50 bits per heavy atom. The Balaban J connectivity index is 4.00. The Morgan fingerprint density at radius 1 is 1.50 bits per heavy atom. The minimum absolute atomic E-state index is 0.878. The van der Waals surface area contributed by atoms with Gasteiger partial charge in [0.05, 0.1) is 12.9 Å². The molecular weight excluding hydrogens is 124 g/mol. The molecule has 56 valence electrons. The summed E-state index contributed by atoms with van der Waals surface area (Å²) in [5, 5.41) is 0. The van der Waals surface area contributed by atoms with Gasteiger partial charge in [-0.2, -0.15) is 0 Å². The summed E-state index contributed by atoms with van der Waals surface area (Å²) in [6.07, 6.45) is 5.77. The number of methoxy groups -OCH3 is 1.